The topological polar surface area (TPSA) is 92.4 Å². The molecule has 7 heteroatoms. The Morgan fingerprint density at radius 1 is 1.20 bits per heavy atom. The average Bonchev–Trinajstić information content (AvgIpc) is 2.62. The predicted octanol–water partition coefficient (Wildman–Crippen LogP) is 1.75. The Hall–Kier alpha value is -2.16. The van der Waals surface area contributed by atoms with Gasteiger partial charge in [-0.3, -0.25) is 14.8 Å². The number of aromatic nitrogens is 1. The average molecular weight is 453 g/mol. The summed E-state index contributed by atoms with van der Waals surface area (Å²) in [6.07, 6.45) is 3.30. The minimum atomic E-state index is -0.0830. The molecule has 0 radical (unpaired) electrons. The molecule has 0 unspecified atom stereocenters. The minimum Gasteiger partial charge on any atom is -0.370 e. The van der Waals surface area contributed by atoms with Gasteiger partial charge in [0.1, 0.15) is 0 Å². The van der Waals surface area contributed by atoms with Crippen molar-refractivity contribution < 1.29 is 4.79 Å². The predicted molar refractivity (Wildman–Crippen MR) is 111 cm³/mol. The Bertz CT molecular complexity index is 691. The van der Waals surface area contributed by atoms with Crippen LogP contribution in [-0.2, 0) is 12.8 Å². The molecule has 0 aliphatic carbocycles. The van der Waals surface area contributed by atoms with Crippen molar-refractivity contribution in [1.82, 2.24) is 15.6 Å². The lowest BCUT2D eigenvalue weighted by Gasteiger charge is -2.07. The van der Waals surface area contributed by atoms with Crippen molar-refractivity contribution in [2.45, 2.75) is 12.8 Å². The van der Waals surface area contributed by atoms with E-state index in [4.69, 9.17) is 5.73 Å². The van der Waals surface area contributed by atoms with E-state index in [2.05, 4.69) is 20.6 Å². The number of nitrogens with zero attached hydrogens (tertiary/aromatic N) is 2. The highest BCUT2D eigenvalue weighted by atomic mass is 127. The van der Waals surface area contributed by atoms with Crippen molar-refractivity contribution in [1.29, 1.82) is 0 Å². The minimum absolute atomic E-state index is 0. The molecular weight excluding hydrogens is 429 g/mol. The normalized spacial score (nSPS) is 10.7. The summed E-state index contributed by atoms with van der Waals surface area (Å²) >= 11 is 0. The molecule has 0 aliphatic heterocycles. The van der Waals surface area contributed by atoms with Crippen molar-refractivity contribution in [3.05, 3.63) is 65.5 Å². The fraction of sp³-hybridized carbons (Fsp3) is 0.278. The maximum absolute atomic E-state index is 11.6. The molecule has 2 rings (SSSR count). The fourth-order valence-electron chi connectivity index (χ4n) is 2.24. The number of hydrogen-bond acceptors (Lipinski definition) is 3. The summed E-state index contributed by atoms with van der Waals surface area (Å²) in [6.45, 7) is 1.26. The third-order valence-electron chi connectivity index (χ3n) is 3.51. The van der Waals surface area contributed by atoms with E-state index in [1.54, 1.807) is 19.3 Å². The van der Waals surface area contributed by atoms with Crippen LogP contribution in [-0.4, -0.2) is 37.0 Å². The number of carbonyl (C=O) groups excluding carboxylic acids is 1. The molecule has 4 N–H and O–H groups in total. The number of pyridine rings is 1. The molecule has 0 fully saturated rings. The zero-order valence-corrected chi connectivity index (χ0v) is 16.6. The van der Waals surface area contributed by atoms with Crippen LogP contribution in [0, 0.1) is 0 Å². The zero-order chi connectivity index (χ0) is 17.2. The summed E-state index contributed by atoms with van der Waals surface area (Å²) in [5.41, 5.74) is 8.59. The monoisotopic (exact) mass is 453 g/mol. The van der Waals surface area contributed by atoms with Crippen molar-refractivity contribution in [3.63, 3.8) is 0 Å². The van der Waals surface area contributed by atoms with E-state index < -0.39 is 0 Å². The van der Waals surface area contributed by atoms with E-state index in [1.807, 2.05) is 36.4 Å². The highest BCUT2D eigenvalue weighted by molar-refractivity contribution is 14.0. The van der Waals surface area contributed by atoms with Gasteiger partial charge < -0.3 is 16.4 Å². The van der Waals surface area contributed by atoms with E-state index >= 15 is 0 Å². The van der Waals surface area contributed by atoms with Crippen LogP contribution in [0.3, 0.4) is 0 Å². The Labute approximate surface area is 165 Å². The van der Waals surface area contributed by atoms with Crippen molar-refractivity contribution in [3.8, 4) is 0 Å². The first-order valence-corrected chi connectivity index (χ1v) is 7.94. The lowest BCUT2D eigenvalue weighted by atomic mass is 10.1. The molecule has 0 saturated carbocycles. The Morgan fingerprint density at radius 3 is 2.76 bits per heavy atom. The van der Waals surface area contributed by atoms with Crippen LogP contribution < -0.4 is 16.4 Å². The standard InChI is InChI=1S/C18H23N5O.HI/c1-20-17(24)15-6-4-5-14(13-15)8-11-22-18(19)23-12-9-16-7-2-3-10-21-16;/h2-7,10,13H,8-9,11-12H2,1H3,(H,20,24)(H3,19,22,23);1H. The number of hydrogen-bond donors (Lipinski definition) is 3. The van der Waals surface area contributed by atoms with E-state index in [-0.39, 0.29) is 29.9 Å². The molecule has 1 amide bonds. The molecule has 6 nitrogen and oxygen atoms in total. The van der Waals surface area contributed by atoms with Crippen molar-refractivity contribution in [2.75, 3.05) is 20.1 Å². The van der Waals surface area contributed by atoms with Gasteiger partial charge in [-0.2, -0.15) is 0 Å². The molecule has 0 atom stereocenters. The van der Waals surface area contributed by atoms with Crippen LogP contribution in [0.2, 0.25) is 0 Å². The van der Waals surface area contributed by atoms with Gasteiger partial charge in [0.05, 0.1) is 0 Å². The van der Waals surface area contributed by atoms with E-state index in [1.165, 1.54) is 0 Å². The van der Waals surface area contributed by atoms with E-state index in [9.17, 15) is 4.79 Å². The number of guanidine groups is 1. The summed E-state index contributed by atoms with van der Waals surface area (Å²) in [4.78, 5) is 20.1. The van der Waals surface area contributed by atoms with Gasteiger partial charge >= 0.3 is 0 Å². The van der Waals surface area contributed by atoms with Gasteiger partial charge in [0.25, 0.3) is 5.91 Å². The first-order valence-electron chi connectivity index (χ1n) is 7.94. The van der Waals surface area contributed by atoms with Gasteiger partial charge in [-0.1, -0.05) is 18.2 Å². The largest absolute Gasteiger partial charge is 0.370 e. The Morgan fingerprint density at radius 2 is 2.04 bits per heavy atom. The van der Waals surface area contributed by atoms with E-state index in [0.717, 1.165) is 24.1 Å². The highest BCUT2D eigenvalue weighted by Gasteiger charge is 2.03. The second kappa shape index (κ2) is 11.4. The van der Waals surface area contributed by atoms with Gasteiger partial charge in [0.2, 0.25) is 0 Å². The van der Waals surface area contributed by atoms with Crippen LogP contribution in [0.5, 0.6) is 0 Å². The number of nitrogens with one attached hydrogen (secondary N) is 2. The number of carbonyl (C=O) groups is 1. The molecule has 2 aromatic rings. The SMILES string of the molecule is CNC(=O)c1cccc(CCNC(N)=NCCc2ccccn2)c1.I. The van der Waals surface area contributed by atoms with Gasteiger partial charge in [0, 0.05) is 44.0 Å². The van der Waals surface area contributed by atoms with Crippen molar-refractivity contribution >= 4 is 35.8 Å². The quantitative estimate of drug-likeness (QED) is 0.339. The van der Waals surface area contributed by atoms with Crippen LogP contribution in [0.1, 0.15) is 21.6 Å². The number of rotatable bonds is 7. The lowest BCUT2D eigenvalue weighted by Crippen LogP contribution is -2.33. The summed E-state index contributed by atoms with van der Waals surface area (Å²) in [5, 5.41) is 5.71. The second-order valence-electron chi connectivity index (χ2n) is 5.29. The van der Waals surface area contributed by atoms with Gasteiger partial charge in [-0.25, -0.2) is 0 Å². The lowest BCUT2D eigenvalue weighted by molar-refractivity contribution is 0.0963. The molecule has 134 valence electrons. The van der Waals surface area contributed by atoms with Crippen LogP contribution in [0.15, 0.2) is 53.7 Å². The smallest absolute Gasteiger partial charge is 0.251 e. The Balaban J connectivity index is 0.00000312. The first-order chi connectivity index (χ1) is 11.7. The first kappa shape index (κ1) is 20.9. The summed E-state index contributed by atoms with van der Waals surface area (Å²) in [6, 6.07) is 13.4. The molecule has 0 spiro atoms. The highest BCUT2D eigenvalue weighted by Crippen LogP contribution is 2.05. The molecular formula is C18H24IN5O. The number of amides is 1. The van der Waals surface area contributed by atoms with Crippen LogP contribution >= 0.6 is 24.0 Å². The number of aliphatic imine (C=N–C) groups is 1. The number of halogens is 1. The molecule has 25 heavy (non-hydrogen) atoms. The fourth-order valence-corrected chi connectivity index (χ4v) is 2.24. The Kier molecular flexibility index (Phi) is 9.53. The van der Waals surface area contributed by atoms with Gasteiger partial charge in [-0.15, -0.1) is 24.0 Å². The van der Waals surface area contributed by atoms with Gasteiger partial charge in [-0.05, 0) is 36.2 Å². The summed E-state index contributed by atoms with van der Waals surface area (Å²) in [5.74, 6) is 0.341. The molecule has 0 aliphatic rings. The van der Waals surface area contributed by atoms with Crippen LogP contribution in [0.4, 0.5) is 0 Å². The van der Waals surface area contributed by atoms with Crippen molar-refractivity contribution in [2.24, 2.45) is 10.7 Å². The number of benzene rings is 1. The molecule has 0 saturated heterocycles. The summed E-state index contributed by atoms with van der Waals surface area (Å²) < 4.78 is 0. The maximum atomic E-state index is 11.6. The third kappa shape index (κ3) is 7.51. The molecule has 1 aromatic carbocycles. The molecule has 0 bridgehead atoms. The second-order valence-corrected chi connectivity index (χ2v) is 5.29. The van der Waals surface area contributed by atoms with Gasteiger partial charge in [0.15, 0.2) is 5.96 Å². The maximum Gasteiger partial charge on any atom is 0.251 e. The number of nitrogens with two attached hydrogens (primary N) is 1. The summed E-state index contributed by atoms with van der Waals surface area (Å²) in [7, 11) is 1.62. The van der Waals surface area contributed by atoms with Crippen LogP contribution in [0.25, 0.3) is 0 Å². The zero-order valence-electron chi connectivity index (χ0n) is 14.2. The molecule has 1 aromatic heterocycles. The van der Waals surface area contributed by atoms with E-state index in [0.29, 0.717) is 24.6 Å². The molecule has 1 heterocycles. The third-order valence-corrected chi connectivity index (χ3v) is 3.51.